The molecule has 108 valence electrons. The van der Waals surface area contributed by atoms with Crippen LogP contribution in [-0.4, -0.2) is 19.0 Å². The van der Waals surface area contributed by atoms with Gasteiger partial charge < -0.3 is 5.32 Å². The Labute approximate surface area is 113 Å². The Morgan fingerprint density at radius 2 is 2.10 bits per heavy atom. The first-order valence-corrected chi connectivity index (χ1v) is 5.91. The van der Waals surface area contributed by atoms with Crippen LogP contribution in [0.1, 0.15) is 28.8 Å². The van der Waals surface area contributed by atoms with Crippen molar-refractivity contribution in [3.63, 3.8) is 0 Å². The highest BCUT2D eigenvalue weighted by atomic mass is 19.4. The zero-order chi connectivity index (χ0) is 15.0. The van der Waals surface area contributed by atoms with Gasteiger partial charge in [-0.2, -0.15) is 13.2 Å². The molecule has 1 rings (SSSR count). The van der Waals surface area contributed by atoms with Gasteiger partial charge in [0.05, 0.1) is 5.56 Å². The van der Waals surface area contributed by atoms with E-state index in [-0.39, 0.29) is 5.56 Å². The molecule has 8 heteroatoms. The van der Waals surface area contributed by atoms with Gasteiger partial charge in [-0.3, -0.25) is 4.79 Å². The summed E-state index contributed by atoms with van der Waals surface area (Å²) >= 11 is 0. The van der Waals surface area contributed by atoms with Crippen LogP contribution in [-0.2, 0) is 6.18 Å². The lowest BCUT2D eigenvalue weighted by Crippen LogP contribution is -2.24. The second kappa shape index (κ2) is 7.40. The third-order valence-electron chi connectivity index (χ3n) is 2.49. The summed E-state index contributed by atoms with van der Waals surface area (Å²) in [5.74, 6) is -0.556. The Kier molecular flexibility index (Phi) is 5.86. The number of azide groups is 1. The number of halogens is 3. The summed E-state index contributed by atoms with van der Waals surface area (Å²) < 4.78 is 37.5. The Morgan fingerprint density at radius 1 is 1.35 bits per heavy atom. The second-order valence-corrected chi connectivity index (χ2v) is 4.00. The third-order valence-corrected chi connectivity index (χ3v) is 2.49. The molecule has 1 amide bonds. The van der Waals surface area contributed by atoms with Gasteiger partial charge in [0.25, 0.3) is 5.91 Å². The van der Waals surface area contributed by atoms with Crippen molar-refractivity contribution >= 4 is 5.91 Å². The van der Waals surface area contributed by atoms with E-state index >= 15 is 0 Å². The van der Waals surface area contributed by atoms with Crippen LogP contribution in [0.4, 0.5) is 13.2 Å². The molecule has 5 nitrogen and oxygen atoms in total. The first-order valence-electron chi connectivity index (χ1n) is 5.91. The summed E-state index contributed by atoms with van der Waals surface area (Å²) in [6, 6.07) is 4.25. The average molecular weight is 286 g/mol. The molecule has 0 fully saturated rings. The molecule has 0 saturated heterocycles. The molecular weight excluding hydrogens is 273 g/mol. The third kappa shape index (κ3) is 5.19. The summed E-state index contributed by atoms with van der Waals surface area (Å²) in [6.07, 6.45) is -3.28. The predicted molar refractivity (Wildman–Crippen MR) is 67.0 cm³/mol. The fraction of sp³-hybridized carbons (Fsp3) is 0.417. The van der Waals surface area contributed by atoms with Gasteiger partial charge in [-0.25, -0.2) is 0 Å². The Hall–Kier alpha value is -2.21. The van der Waals surface area contributed by atoms with Crippen LogP contribution in [0.15, 0.2) is 29.4 Å². The topological polar surface area (TPSA) is 77.9 Å². The summed E-state index contributed by atoms with van der Waals surface area (Å²) in [5.41, 5.74) is 7.16. The fourth-order valence-corrected chi connectivity index (χ4v) is 1.49. The van der Waals surface area contributed by atoms with Crippen LogP contribution < -0.4 is 5.32 Å². The maximum absolute atomic E-state index is 12.5. The average Bonchev–Trinajstić information content (AvgIpc) is 2.41. The van der Waals surface area contributed by atoms with Crippen molar-refractivity contribution in [1.82, 2.24) is 5.32 Å². The van der Waals surface area contributed by atoms with E-state index in [4.69, 9.17) is 5.53 Å². The van der Waals surface area contributed by atoms with E-state index in [9.17, 15) is 18.0 Å². The fourth-order valence-electron chi connectivity index (χ4n) is 1.49. The highest BCUT2D eigenvalue weighted by Gasteiger charge is 2.30. The molecule has 20 heavy (non-hydrogen) atoms. The molecule has 0 unspecified atom stereocenters. The SMILES string of the molecule is [N-]=[N+]=NCCCCNC(=O)c1cccc(C(F)(F)F)c1. The maximum Gasteiger partial charge on any atom is 0.416 e. The van der Waals surface area contributed by atoms with Crippen molar-refractivity contribution in [3.05, 3.63) is 45.8 Å². The molecule has 0 aliphatic rings. The van der Waals surface area contributed by atoms with Crippen molar-refractivity contribution in [2.24, 2.45) is 5.11 Å². The highest BCUT2D eigenvalue weighted by molar-refractivity contribution is 5.94. The number of nitrogens with one attached hydrogen (secondary N) is 1. The van der Waals surface area contributed by atoms with Gasteiger partial charge >= 0.3 is 6.18 Å². The highest BCUT2D eigenvalue weighted by Crippen LogP contribution is 2.29. The lowest BCUT2D eigenvalue weighted by atomic mass is 10.1. The normalized spacial score (nSPS) is 10.8. The van der Waals surface area contributed by atoms with Crippen molar-refractivity contribution in [3.8, 4) is 0 Å². The minimum atomic E-state index is -4.47. The number of nitrogens with zero attached hydrogens (tertiary/aromatic N) is 3. The molecule has 0 bridgehead atoms. The minimum Gasteiger partial charge on any atom is -0.352 e. The molecule has 0 saturated carbocycles. The molecule has 0 aliphatic heterocycles. The second-order valence-electron chi connectivity index (χ2n) is 4.00. The number of carbonyl (C=O) groups excluding carboxylic acids is 1. The molecule has 0 radical (unpaired) electrons. The monoisotopic (exact) mass is 286 g/mol. The van der Waals surface area contributed by atoms with Gasteiger partial charge in [-0.15, -0.1) is 0 Å². The van der Waals surface area contributed by atoms with E-state index < -0.39 is 17.6 Å². The Morgan fingerprint density at radius 3 is 2.75 bits per heavy atom. The number of hydrogen-bond donors (Lipinski definition) is 1. The Balaban J connectivity index is 2.49. The first-order chi connectivity index (χ1) is 9.45. The molecule has 1 aromatic carbocycles. The zero-order valence-electron chi connectivity index (χ0n) is 10.5. The van der Waals surface area contributed by atoms with Crippen LogP contribution in [0.25, 0.3) is 10.4 Å². The van der Waals surface area contributed by atoms with Gasteiger partial charge in [0, 0.05) is 23.6 Å². The smallest absolute Gasteiger partial charge is 0.352 e. The van der Waals surface area contributed by atoms with Gasteiger partial charge in [0.15, 0.2) is 0 Å². The largest absolute Gasteiger partial charge is 0.416 e. The van der Waals surface area contributed by atoms with Gasteiger partial charge in [0.2, 0.25) is 0 Å². The molecule has 0 aromatic heterocycles. The molecule has 0 atom stereocenters. The van der Waals surface area contributed by atoms with Crippen molar-refractivity contribution in [1.29, 1.82) is 0 Å². The summed E-state index contributed by atoms with van der Waals surface area (Å²) in [7, 11) is 0. The van der Waals surface area contributed by atoms with E-state index in [1.807, 2.05) is 0 Å². The number of benzene rings is 1. The van der Waals surface area contributed by atoms with Crippen LogP contribution in [0.5, 0.6) is 0 Å². The van der Waals surface area contributed by atoms with Gasteiger partial charge in [-0.1, -0.05) is 11.2 Å². The molecule has 1 aromatic rings. The quantitative estimate of drug-likeness (QED) is 0.369. The van der Waals surface area contributed by atoms with E-state index in [1.54, 1.807) is 0 Å². The number of rotatable bonds is 6. The van der Waals surface area contributed by atoms with E-state index in [0.29, 0.717) is 25.9 Å². The molecular formula is C12H13F3N4O. The van der Waals surface area contributed by atoms with Crippen LogP contribution in [0.3, 0.4) is 0 Å². The van der Waals surface area contributed by atoms with E-state index in [1.165, 1.54) is 12.1 Å². The minimum absolute atomic E-state index is 0.0325. The van der Waals surface area contributed by atoms with Crippen LogP contribution >= 0.6 is 0 Å². The first kappa shape index (κ1) is 15.8. The zero-order valence-corrected chi connectivity index (χ0v) is 10.5. The number of alkyl halides is 3. The predicted octanol–water partition coefficient (Wildman–Crippen LogP) is 3.53. The standard InChI is InChI=1S/C12H13F3N4O/c13-12(14,15)10-5-3-4-9(8-10)11(20)17-6-1-2-7-18-19-16/h3-5,8H,1-2,6-7H2,(H,17,20). The van der Waals surface area contributed by atoms with E-state index in [0.717, 1.165) is 12.1 Å². The molecule has 0 aliphatic carbocycles. The number of hydrogen-bond acceptors (Lipinski definition) is 2. The van der Waals surface area contributed by atoms with Crippen LogP contribution in [0, 0.1) is 0 Å². The number of amides is 1. The van der Waals surface area contributed by atoms with Gasteiger partial charge in [-0.05, 0) is 36.6 Å². The molecule has 0 spiro atoms. The van der Waals surface area contributed by atoms with Crippen molar-refractivity contribution < 1.29 is 18.0 Å². The maximum atomic E-state index is 12.5. The summed E-state index contributed by atoms with van der Waals surface area (Å²) in [4.78, 5) is 14.2. The summed E-state index contributed by atoms with van der Waals surface area (Å²) in [5, 5.41) is 5.84. The molecule has 0 heterocycles. The van der Waals surface area contributed by atoms with Gasteiger partial charge in [0.1, 0.15) is 0 Å². The number of carbonyl (C=O) groups is 1. The van der Waals surface area contributed by atoms with E-state index in [2.05, 4.69) is 15.3 Å². The summed E-state index contributed by atoms with van der Waals surface area (Å²) in [6.45, 7) is 0.645. The van der Waals surface area contributed by atoms with Crippen molar-refractivity contribution in [2.45, 2.75) is 19.0 Å². The van der Waals surface area contributed by atoms with Crippen LogP contribution in [0.2, 0.25) is 0 Å². The van der Waals surface area contributed by atoms with Crippen molar-refractivity contribution in [2.75, 3.05) is 13.1 Å². The lowest BCUT2D eigenvalue weighted by molar-refractivity contribution is -0.137. The molecule has 1 N–H and O–H groups in total. The lowest BCUT2D eigenvalue weighted by Gasteiger charge is -2.09. The number of unbranched alkanes of at least 4 members (excludes halogenated alkanes) is 1. The Bertz CT molecular complexity index is 510.